The van der Waals surface area contributed by atoms with Crippen LogP contribution in [0, 0.1) is 11.7 Å². The molecular formula is C23H30FN3O5S. The van der Waals surface area contributed by atoms with Gasteiger partial charge in [0.05, 0.1) is 11.7 Å². The third kappa shape index (κ3) is 6.01. The lowest BCUT2D eigenvalue weighted by Crippen LogP contribution is -2.44. The topological polar surface area (TPSA) is 97.0 Å². The van der Waals surface area contributed by atoms with Gasteiger partial charge in [-0.3, -0.25) is 9.52 Å². The molecule has 0 bridgehead atoms. The number of methoxy groups -OCH3 is 1. The summed E-state index contributed by atoms with van der Waals surface area (Å²) in [6.07, 6.45) is -0.190. The lowest BCUT2D eigenvalue weighted by Gasteiger charge is -2.30. The summed E-state index contributed by atoms with van der Waals surface area (Å²) in [5.74, 6) is -0.730. The molecule has 0 unspecified atom stereocenters. The largest absolute Gasteiger partial charge is 0.491 e. The van der Waals surface area contributed by atoms with Crippen LogP contribution in [0.4, 0.5) is 10.1 Å². The van der Waals surface area contributed by atoms with Crippen LogP contribution >= 0.6 is 0 Å². The summed E-state index contributed by atoms with van der Waals surface area (Å²) in [5.41, 5.74) is 0.318. The van der Waals surface area contributed by atoms with Gasteiger partial charge in [0.2, 0.25) is 0 Å². The second-order valence-corrected chi connectivity index (χ2v) is 9.96. The second kappa shape index (κ2) is 10.5. The van der Waals surface area contributed by atoms with Crippen molar-refractivity contribution < 1.29 is 27.1 Å². The van der Waals surface area contributed by atoms with E-state index in [-0.39, 0.29) is 35.2 Å². The minimum Gasteiger partial charge on any atom is -0.491 e. The second-order valence-electron chi connectivity index (χ2n) is 8.30. The molecule has 0 saturated heterocycles. The van der Waals surface area contributed by atoms with Gasteiger partial charge in [-0.1, -0.05) is 19.1 Å². The zero-order valence-corrected chi connectivity index (χ0v) is 20.0. The van der Waals surface area contributed by atoms with Crippen LogP contribution in [0.2, 0.25) is 0 Å². The zero-order valence-electron chi connectivity index (χ0n) is 19.2. The van der Waals surface area contributed by atoms with Crippen molar-refractivity contribution in [2.75, 3.05) is 38.6 Å². The first-order chi connectivity index (χ1) is 15.6. The minimum atomic E-state index is -4.19. The van der Waals surface area contributed by atoms with Crippen LogP contribution in [0.15, 0.2) is 47.4 Å². The highest BCUT2D eigenvalue weighted by molar-refractivity contribution is 7.92. The summed E-state index contributed by atoms with van der Waals surface area (Å²) >= 11 is 0. The molecule has 0 radical (unpaired) electrons. The van der Waals surface area contributed by atoms with E-state index in [1.807, 2.05) is 13.8 Å². The molecule has 8 nitrogen and oxygen atoms in total. The molecule has 2 aromatic rings. The third-order valence-corrected chi connectivity index (χ3v) is 7.02. The van der Waals surface area contributed by atoms with Crippen LogP contribution in [0.25, 0.3) is 0 Å². The van der Waals surface area contributed by atoms with E-state index in [4.69, 9.17) is 9.47 Å². The molecule has 33 heavy (non-hydrogen) atoms. The SMILES string of the molecule is CO[C@@H]1CN(C)C(=O)c2cc(NS(=O)(=O)c3ccccc3F)ccc2OC[C@@H](C)NC[C@@H]1C. The van der Waals surface area contributed by atoms with E-state index in [9.17, 15) is 17.6 Å². The van der Waals surface area contributed by atoms with Gasteiger partial charge in [0.15, 0.2) is 0 Å². The molecule has 0 aliphatic carbocycles. The van der Waals surface area contributed by atoms with Gasteiger partial charge in [-0.15, -0.1) is 0 Å². The molecule has 2 N–H and O–H groups in total. The van der Waals surface area contributed by atoms with Crippen molar-refractivity contribution in [3.05, 3.63) is 53.8 Å². The van der Waals surface area contributed by atoms with E-state index in [0.29, 0.717) is 25.4 Å². The Morgan fingerprint density at radius 3 is 2.64 bits per heavy atom. The van der Waals surface area contributed by atoms with Gasteiger partial charge < -0.3 is 19.7 Å². The number of hydrogen-bond acceptors (Lipinski definition) is 6. The number of hydrogen-bond donors (Lipinski definition) is 2. The first-order valence-electron chi connectivity index (χ1n) is 10.7. The number of carbonyl (C=O) groups excluding carboxylic acids is 1. The van der Waals surface area contributed by atoms with Gasteiger partial charge in [0.1, 0.15) is 23.1 Å². The Morgan fingerprint density at radius 1 is 1.21 bits per heavy atom. The van der Waals surface area contributed by atoms with E-state index in [2.05, 4.69) is 10.0 Å². The van der Waals surface area contributed by atoms with Crippen molar-refractivity contribution in [2.45, 2.75) is 30.9 Å². The number of nitrogens with zero attached hydrogens (tertiary/aromatic N) is 1. The molecule has 1 aliphatic heterocycles. The van der Waals surface area contributed by atoms with Crippen molar-refractivity contribution in [3.8, 4) is 5.75 Å². The van der Waals surface area contributed by atoms with Crippen molar-refractivity contribution in [3.63, 3.8) is 0 Å². The third-order valence-electron chi connectivity index (χ3n) is 5.60. The first kappa shape index (κ1) is 24.9. The fourth-order valence-corrected chi connectivity index (χ4v) is 4.73. The number of anilines is 1. The molecule has 3 atom stereocenters. The average Bonchev–Trinajstić information content (AvgIpc) is 2.78. The predicted molar refractivity (Wildman–Crippen MR) is 124 cm³/mol. The molecule has 1 heterocycles. The van der Waals surface area contributed by atoms with Gasteiger partial charge in [-0.25, -0.2) is 12.8 Å². The maximum atomic E-state index is 14.0. The molecule has 1 aliphatic rings. The van der Waals surface area contributed by atoms with Crippen LogP contribution in [0.1, 0.15) is 24.2 Å². The summed E-state index contributed by atoms with van der Waals surface area (Å²) in [7, 11) is -0.923. The van der Waals surface area contributed by atoms with Crippen molar-refractivity contribution in [1.29, 1.82) is 0 Å². The molecule has 0 fully saturated rings. The van der Waals surface area contributed by atoms with Gasteiger partial charge in [0.25, 0.3) is 15.9 Å². The molecule has 10 heteroatoms. The highest BCUT2D eigenvalue weighted by Gasteiger charge is 2.26. The van der Waals surface area contributed by atoms with E-state index in [0.717, 1.165) is 6.07 Å². The molecule has 2 aromatic carbocycles. The van der Waals surface area contributed by atoms with Crippen molar-refractivity contribution in [2.24, 2.45) is 5.92 Å². The summed E-state index contributed by atoms with van der Waals surface area (Å²) < 4.78 is 53.3. The summed E-state index contributed by atoms with van der Waals surface area (Å²) in [4.78, 5) is 14.3. The quantitative estimate of drug-likeness (QED) is 0.700. The Balaban J connectivity index is 1.95. The van der Waals surface area contributed by atoms with Crippen LogP contribution in [-0.2, 0) is 14.8 Å². The number of halogens is 1. The van der Waals surface area contributed by atoms with Crippen LogP contribution < -0.4 is 14.8 Å². The molecule has 180 valence electrons. The average molecular weight is 480 g/mol. The normalized spacial score (nSPS) is 22.5. The maximum Gasteiger partial charge on any atom is 0.264 e. The number of carbonyl (C=O) groups is 1. The number of nitrogens with one attached hydrogen (secondary N) is 2. The molecule has 0 aromatic heterocycles. The van der Waals surface area contributed by atoms with Gasteiger partial charge in [0, 0.05) is 39.0 Å². The summed E-state index contributed by atoms with van der Waals surface area (Å²) in [6.45, 7) is 5.38. The van der Waals surface area contributed by atoms with Gasteiger partial charge in [-0.05, 0) is 43.2 Å². The Bertz CT molecular complexity index is 1100. The van der Waals surface area contributed by atoms with E-state index in [1.54, 1.807) is 14.2 Å². The zero-order chi connectivity index (χ0) is 24.2. The standard InChI is InChI=1S/C23H30FN3O5S/c1-15-12-25-16(2)14-32-20-10-9-17(11-18(20)23(28)27(3)13-21(15)31-4)26-33(29,30)22-8-6-5-7-19(22)24/h5-11,15-16,21,25-26H,12-14H2,1-4H3/t15-,16+,21+/m0/s1. The Hall–Kier alpha value is -2.69. The summed E-state index contributed by atoms with van der Waals surface area (Å²) in [5, 5.41) is 3.40. The number of fused-ring (bicyclic) bond motifs is 1. The van der Waals surface area contributed by atoms with Crippen LogP contribution in [-0.4, -0.2) is 65.2 Å². The summed E-state index contributed by atoms with van der Waals surface area (Å²) in [6, 6.07) is 9.53. The monoisotopic (exact) mass is 479 g/mol. The van der Waals surface area contributed by atoms with Crippen LogP contribution in [0.3, 0.4) is 0 Å². The Morgan fingerprint density at radius 2 is 1.94 bits per heavy atom. The number of ether oxygens (including phenoxy) is 2. The molecule has 1 amide bonds. The van der Waals surface area contributed by atoms with E-state index < -0.39 is 20.7 Å². The Kier molecular flexibility index (Phi) is 7.93. The smallest absolute Gasteiger partial charge is 0.264 e. The fraction of sp³-hybridized carbons (Fsp3) is 0.435. The van der Waals surface area contributed by atoms with Crippen LogP contribution in [0.5, 0.6) is 5.75 Å². The maximum absolute atomic E-state index is 14.0. The first-order valence-corrected chi connectivity index (χ1v) is 12.2. The lowest BCUT2D eigenvalue weighted by molar-refractivity contribution is 0.0281. The van der Waals surface area contributed by atoms with E-state index >= 15 is 0 Å². The molecule has 0 spiro atoms. The number of amides is 1. The van der Waals surface area contributed by atoms with Crippen molar-refractivity contribution in [1.82, 2.24) is 10.2 Å². The predicted octanol–water partition coefficient (Wildman–Crippen LogP) is 2.72. The lowest BCUT2D eigenvalue weighted by atomic mass is 10.0. The van der Waals surface area contributed by atoms with E-state index in [1.165, 1.54) is 41.3 Å². The molecule has 0 saturated carbocycles. The molecule has 3 rings (SSSR count). The number of sulfonamides is 1. The Labute approximate surface area is 194 Å². The number of likely N-dealkylation sites (N-methyl/N-ethyl adjacent to an activating group) is 1. The molecular weight excluding hydrogens is 449 g/mol. The number of benzene rings is 2. The highest BCUT2D eigenvalue weighted by Crippen LogP contribution is 2.27. The highest BCUT2D eigenvalue weighted by atomic mass is 32.2. The van der Waals surface area contributed by atoms with Gasteiger partial charge in [-0.2, -0.15) is 0 Å². The van der Waals surface area contributed by atoms with Crippen molar-refractivity contribution >= 4 is 21.6 Å². The van der Waals surface area contributed by atoms with Gasteiger partial charge >= 0.3 is 0 Å². The number of rotatable bonds is 4. The minimum absolute atomic E-state index is 0.0179. The fourth-order valence-electron chi connectivity index (χ4n) is 3.60.